The van der Waals surface area contributed by atoms with Crippen LogP contribution in [0, 0.1) is 0 Å². The van der Waals surface area contributed by atoms with Crippen LogP contribution < -0.4 is 11.5 Å². The van der Waals surface area contributed by atoms with E-state index in [1.54, 1.807) is 0 Å². The zero-order valence-corrected chi connectivity index (χ0v) is 21.7. The third-order valence-corrected chi connectivity index (χ3v) is 7.63. The normalized spacial score (nSPS) is 13.7. The van der Waals surface area contributed by atoms with Gasteiger partial charge in [-0.1, -0.05) is 77.6 Å². The zero-order chi connectivity index (χ0) is 23.0. The second-order valence-electron chi connectivity index (χ2n) is 8.60. The Bertz CT molecular complexity index is 406. The number of rotatable bonds is 25. The second kappa shape index (κ2) is 23.2. The fraction of sp³-hybridized carbons (Fsp3) is 1.00. The molecule has 0 fully saturated rings. The monoisotopic (exact) mass is 463 g/mol. The quantitative estimate of drug-likeness (QED) is 0.129. The summed E-state index contributed by atoms with van der Waals surface area (Å²) >= 11 is 0. The lowest BCUT2D eigenvalue weighted by Crippen LogP contribution is -2.31. The first kappa shape index (κ1) is 31.0. The van der Waals surface area contributed by atoms with E-state index in [0.29, 0.717) is 39.0 Å². The molecule has 0 aliphatic rings. The number of hydrogen-bond acceptors (Lipinski definition) is 6. The minimum atomic E-state index is -3.02. The maximum absolute atomic E-state index is 13.0. The lowest BCUT2D eigenvalue weighted by molar-refractivity contribution is 0.201. The largest absolute Gasteiger partial charge is 0.331 e. The van der Waals surface area contributed by atoms with Gasteiger partial charge < -0.3 is 25.4 Å². The molecule has 0 aromatic carbocycles. The molecule has 6 nitrogen and oxygen atoms in total. The van der Waals surface area contributed by atoms with Gasteiger partial charge in [0.1, 0.15) is 0 Å². The summed E-state index contributed by atoms with van der Waals surface area (Å²) in [6.07, 6.45) is 18.0. The molecule has 0 aliphatic heterocycles. The maximum Gasteiger partial charge on any atom is 0.331 e. The highest BCUT2D eigenvalue weighted by Crippen LogP contribution is 2.48. The molecule has 0 rings (SSSR count). The fourth-order valence-corrected chi connectivity index (χ4v) is 5.40. The Hall–Kier alpha value is 0.0300. The number of unbranched alkanes of at least 4 members (excludes halogenated alkanes) is 11. The molecule has 1 unspecified atom stereocenters. The molecule has 0 spiro atoms. The van der Waals surface area contributed by atoms with E-state index in [4.69, 9.17) is 20.5 Å². The Morgan fingerprint density at radius 1 is 0.645 bits per heavy atom. The van der Waals surface area contributed by atoms with Crippen molar-refractivity contribution < 1.29 is 13.6 Å². The van der Waals surface area contributed by atoms with Gasteiger partial charge in [0.2, 0.25) is 0 Å². The molecule has 0 saturated heterocycles. The van der Waals surface area contributed by atoms with E-state index in [1.165, 1.54) is 64.2 Å². The highest BCUT2D eigenvalue weighted by atomic mass is 31.2. The van der Waals surface area contributed by atoms with Gasteiger partial charge >= 0.3 is 7.60 Å². The van der Waals surface area contributed by atoms with Gasteiger partial charge in [-0.25, -0.2) is 0 Å². The minimum absolute atomic E-state index is 0.418. The summed E-state index contributed by atoms with van der Waals surface area (Å²) in [4.78, 5) is 2.28. The third-order valence-electron chi connectivity index (χ3n) is 5.66. The molecule has 7 heteroatoms. The van der Waals surface area contributed by atoms with Gasteiger partial charge in [-0.2, -0.15) is 0 Å². The van der Waals surface area contributed by atoms with Crippen LogP contribution in [-0.2, 0) is 13.6 Å². The molecule has 0 aromatic rings. The predicted octanol–water partition coefficient (Wildman–Crippen LogP) is 5.93. The molecule has 0 saturated carbocycles. The summed E-state index contributed by atoms with van der Waals surface area (Å²) < 4.78 is 24.4. The molecule has 4 N–H and O–H groups in total. The average Bonchev–Trinajstić information content (AvgIpc) is 2.76. The average molecular weight is 464 g/mol. The minimum Gasteiger partial charge on any atom is -0.330 e. The van der Waals surface area contributed by atoms with Crippen molar-refractivity contribution in [3.8, 4) is 0 Å². The Labute approximate surface area is 193 Å². The van der Waals surface area contributed by atoms with Crippen molar-refractivity contribution in [1.29, 1.82) is 0 Å². The third kappa shape index (κ3) is 20.4. The Balaban J connectivity index is 3.91. The van der Waals surface area contributed by atoms with Crippen LogP contribution >= 0.6 is 7.60 Å². The standard InChI is InChI=1S/C24H54N3O3P/c1-3-5-6-7-8-9-10-11-12-13-14-15-23-30-31(28,29-4-2)24-22-27(20-16-18-25)21-17-19-26/h3-26H2,1-2H3. The zero-order valence-electron chi connectivity index (χ0n) is 20.8. The van der Waals surface area contributed by atoms with Crippen LogP contribution in [0.1, 0.15) is 104 Å². The molecule has 0 amide bonds. The van der Waals surface area contributed by atoms with E-state index in [2.05, 4.69) is 11.8 Å². The van der Waals surface area contributed by atoms with Gasteiger partial charge in [0.05, 0.1) is 19.4 Å². The van der Waals surface area contributed by atoms with Crippen molar-refractivity contribution in [3.05, 3.63) is 0 Å². The van der Waals surface area contributed by atoms with Gasteiger partial charge in [-0.05, 0) is 52.4 Å². The summed E-state index contributed by atoms with van der Waals surface area (Å²) in [6.45, 7) is 8.93. The van der Waals surface area contributed by atoms with E-state index in [0.717, 1.165) is 38.8 Å². The van der Waals surface area contributed by atoms with Crippen LogP contribution in [0.5, 0.6) is 0 Å². The Morgan fingerprint density at radius 3 is 1.58 bits per heavy atom. The smallest absolute Gasteiger partial charge is 0.330 e. The van der Waals surface area contributed by atoms with Crippen LogP contribution in [0.25, 0.3) is 0 Å². The van der Waals surface area contributed by atoms with Gasteiger partial charge in [0.15, 0.2) is 0 Å². The maximum atomic E-state index is 13.0. The summed E-state index contributed by atoms with van der Waals surface area (Å²) in [5, 5.41) is 0. The second-order valence-corrected chi connectivity index (χ2v) is 10.8. The topological polar surface area (TPSA) is 90.8 Å². The highest BCUT2D eigenvalue weighted by Gasteiger charge is 2.24. The highest BCUT2D eigenvalue weighted by molar-refractivity contribution is 7.53. The first-order valence-corrected chi connectivity index (χ1v) is 14.8. The molecule has 0 heterocycles. The van der Waals surface area contributed by atoms with Gasteiger partial charge in [0, 0.05) is 6.54 Å². The molecule has 0 bridgehead atoms. The first-order valence-electron chi connectivity index (χ1n) is 13.1. The number of hydrogen-bond donors (Lipinski definition) is 2. The van der Waals surface area contributed by atoms with E-state index in [-0.39, 0.29) is 0 Å². The molecule has 0 aliphatic carbocycles. The van der Waals surface area contributed by atoms with Crippen LogP contribution in [0.4, 0.5) is 0 Å². The van der Waals surface area contributed by atoms with Crippen molar-refractivity contribution in [2.75, 3.05) is 52.1 Å². The summed E-state index contributed by atoms with van der Waals surface area (Å²) in [5.41, 5.74) is 11.3. The van der Waals surface area contributed by atoms with E-state index >= 15 is 0 Å². The molecule has 188 valence electrons. The van der Waals surface area contributed by atoms with E-state index in [9.17, 15) is 4.57 Å². The lowest BCUT2D eigenvalue weighted by atomic mass is 10.1. The lowest BCUT2D eigenvalue weighted by Gasteiger charge is -2.25. The summed E-state index contributed by atoms with van der Waals surface area (Å²) in [5.74, 6) is 0. The number of nitrogens with two attached hydrogens (primary N) is 2. The van der Waals surface area contributed by atoms with E-state index < -0.39 is 7.60 Å². The van der Waals surface area contributed by atoms with Crippen LogP contribution in [0.3, 0.4) is 0 Å². The number of nitrogens with zero attached hydrogens (tertiary/aromatic N) is 1. The predicted molar refractivity (Wildman–Crippen MR) is 135 cm³/mol. The van der Waals surface area contributed by atoms with Crippen LogP contribution in [0.15, 0.2) is 0 Å². The molecule has 31 heavy (non-hydrogen) atoms. The van der Waals surface area contributed by atoms with Crippen molar-refractivity contribution in [1.82, 2.24) is 4.90 Å². The van der Waals surface area contributed by atoms with Crippen molar-refractivity contribution in [3.63, 3.8) is 0 Å². The van der Waals surface area contributed by atoms with Crippen molar-refractivity contribution in [2.24, 2.45) is 11.5 Å². The van der Waals surface area contributed by atoms with Crippen molar-refractivity contribution >= 4 is 7.60 Å². The summed E-state index contributed by atoms with van der Waals surface area (Å²) in [6, 6.07) is 0. The Morgan fingerprint density at radius 2 is 1.13 bits per heavy atom. The van der Waals surface area contributed by atoms with Gasteiger partial charge in [0.25, 0.3) is 0 Å². The SMILES string of the molecule is CCCCCCCCCCCCCCOP(=O)(CCN(CCCN)CCCN)OCC. The first-order chi connectivity index (χ1) is 15.1. The molecular weight excluding hydrogens is 409 g/mol. The van der Waals surface area contributed by atoms with Crippen molar-refractivity contribution in [2.45, 2.75) is 104 Å². The van der Waals surface area contributed by atoms with Crippen LogP contribution in [0.2, 0.25) is 0 Å². The van der Waals surface area contributed by atoms with Gasteiger partial charge in [-0.3, -0.25) is 4.57 Å². The van der Waals surface area contributed by atoms with E-state index in [1.807, 2.05) is 6.92 Å². The summed E-state index contributed by atoms with van der Waals surface area (Å²) in [7, 11) is -3.02. The fourth-order valence-electron chi connectivity index (χ4n) is 3.74. The molecule has 1 atom stereocenters. The molecule has 0 radical (unpaired) electrons. The molecular formula is C24H54N3O3P. The molecule has 0 aromatic heterocycles. The Kier molecular flexibility index (Phi) is 23.2. The van der Waals surface area contributed by atoms with Crippen LogP contribution in [-0.4, -0.2) is 57.0 Å². The van der Waals surface area contributed by atoms with Gasteiger partial charge in [-0.15, -0.1) is 0 Å².